The molecule has 0 aliphatic rings. The number of aromatic nitrogens is 2. The van der Waals surface area contributed by atoms with E-state index < -0.39 is 47.9 Å². The van der Waals surface area contributed by atoms with Gasteiger partial charge in [0.25, 0.3) is 0 Å². The van der Waals surface area contributed by atoms with Crippen LogP contribution in [0.15, 0.2) is 60.9 Å². The van der Waals surface area contributed by atoms with E-state index in [4.69, 9.17) is 5.73 Å². The quantitative estimate of drug-likeness (QED) is 0.117. The summed E-state index contributed by atoms with van der Waals surface area (Å²) >= 11 is 1.57. The number of H-pyrrole nitrogens is 2. The van der Waals surface area contributed by atoms with Crippen LogP contribution in [0.4, 0.5) is 0 Å². The van der Waals surface area contributed by atoms with Crippen molar-refractivity contribution in [3.63, 3.8) is 0 Å². The van der Waals surface area contributed by atoms with Gasteiger partial charge in [0.15, 0.2) is 0 Å². The molecule has 8 N–H and O–H groups in total. The summed E-state index contributed by atoms with van der Waals surface area (Å²) in [5.74, 6) is -2.23. The summed E-state index contributed by atoms with van der Waals surface area (Å²) in [6.45, 7) is 1.46. The number of hydrogen-bond acceptors (Lipinski definition) is 6. The minimum Gasteiger partial charge on any atom is -0.480 e. The van der Waals surface area contributed by atoms with E-state index in [2.05, 4.69) is 25.9 Å². The normalized spacial score (nSPS) is 14.2. The zero-order valence-electron chi connectivity index (χ0n) is 23.5. The Kier molecular flexibility index (Phi) is 10.3. The van der Waals surface area contributed by atoms with Crippen LogP contribution in [0.5, 0.6) is 0 Å². The van der Waals surface area contributed by atoms with Gasteiger partial charge in [0, 0.05) is 47.0 Å². The van der Waals surface area contributed by atoms with Gasteiger partial charge < -0.3 is 36.8 Å². The third kappa shape index (κ3) is 7.51. The van der Waals surface area contributed by atoms with Gasteiger partial charge >= 0.3 is 5.97 Å². The average molecular weight is 593 g/mol. The second kappa shape index (κ2) is 14.1. The van der Waals surface area contributed by atoms with Gasteiger partial charge in [-0.3, -0.25) is 14.4 Å². The molecule has 4 aromatic rings. The van der Waals surface area contributed by atoms with Crippen molar-refractivity contribution in [2.45, 2.75) is 50.4 Å². The van der Waals surface area contributed by atoms with Crippen molar-refractivity contribution in [3.05, 3.63) is 72.1 Å². The van der Waals surface area contributed by atoms with E-state index in [-0.39, 0.29) is 12.8 Å². The van der Waals surface area contributed by atoms with Gasteiger partial charge in [-0.1, -0.05) is 36.4 Å². The van der Waals surface area contributed by atoms with Crippen LogP contribution in [0.2, 0.25) is 0 Å². The molecule has 0 spiro atoms. The second-order valence-corrected chi connectivity index (χ2v) is 11.2. The first-order valence-corrected chi connectivity index (χ1v) is 15.1. The number of amides is 3. The monoisotopic (exact) mass is 592 g/mol. The molecule has 0 bridgehead atoms. The van der Waals surface area contributed by atoms with E-state index >= 15 is 0 Å². The van der Waals surface area contributed by atoms with Crippen LogP contribution in [0.3, 0.4) is 0 Å². The molecule has 4 atom stereocenters. The number of rotatable bonds is 14. The van der Waals surface area contributed by atoms with Crippen molar-refractivity contribution in [1.29, 1.82) is 0 Å². The zero-order chi connectivity index (χ0) is 30.2. The number of aliphatic carboxylic acids is 1. The Balaban J connectivity index is 1.45. The maximum absolute atomic E-state index is 13.4. The first-order chi connectivity index (χ1) is 20.2. The fourth-order valence-electron chi connectivity index (χ4n) is 4.78. The number of carboxylic acids is 1. The number of carbonyl (C=O) groups is 4. The van der Waals surface area contributed by atoms with Crippen LogP contribution in [0, 0.1) is 0 Å². The zero-order valence-corrected chi connectivity index (χ0v) is 24.3. The lowest BCUT2D eigenvalue weighted by Crippen LogP contribution is -2.57. The molecular weight excluding hydrogens is 556 g/mol. The van der Waals surface area contributed by atoms with Gasteiger partial charge in [-0.2, -0.15) is 11.8 Å². The highest BCUT2D eigenvalue weighted by atomic mass is 32.2. The van der Waals surface area contributed by atoms with Crippen LogP contribution in [-0.4, -0.2) is 74.9 Å². The van der Waals surface area contributed by atoms with Crippen molar-refractivity contribution in [2.75, 3.05) is 12.0 Å². The molecule has 11 nitrogen and oxygen atoms in total. The highest BCUT2D eigenvalue weighted by molar-refractivity contribution is 7.98. The molecule has 0 radical (unpaired) electrons. The summed E-state index contributed by atoms with van der Waals surface area (Å²) in [6, 6.07) is 11.0. The molecule has 2 aromatic heterocycles. The highest BCUT2D eigenvalue weighted by Gasteiger charge is 2.29. The first-order valence-electron chi connectivity index (χ1n) is 13.7. The van der Waals surface area contributed by atoms with E-state index in [1.807, 2.05) is 54.8 Å². The lowest BCUT2D eigenvalue weighted by molar-refractivity contribution is -0.142. The van der Waals surface area contributed by atoms with Gasteiger partial charge in [0.2, 0.25) is 17.7 Å². The van der Waals surface area contributed by atoms with Crippen molar-refractivity contribution < 1.29 is 24.3 Å². The van der Waals surface area contributed by atoms with Gasteiger partial charge in [0.05, 0.1) is 6.04 Å². The molecule has 0 saturated carbocycles. The molecule has 42 heavy (non-hydrogen) atoms. The molecule has 0 aliphatic heterocycles. The lowest BCUT2D eigenvalue weighted by Gasteiger charge is -2.23. The SMILES string of the molecule is CSCCC(N)C(=O)NC(Cc1c[nH]c2ccccc12)C(=O)NC(C)C(=O)NC(Cc1c[nH]c2ccccc12)C(=O)O. The summed E-state index contributed by atoms with van der Waals surface area (Å²) in [6.07, 6.45) is 6.07. The minimum atomic E-state index is -1.22. The molecule has 0 aliphatic carbocycles. The van der Waals surface area contributed by atoms with Crippen LogP contribution in [-0.2, 0) is 32.0 Å². The maximum Gasteiger partial charge on any atom is 0.326 e. The Labute approximate surface area is 247 Å². The molecule has 3 amide bonds. The molecule has 12 heteroatoms. The van der Waals surface area contributed by atoms with Gasteiger partial charge in [-0.05, 0) is 48.6 Å². The Bertz CT molecular complexity index is 1570. The van der Waals surface area contributed by atoms with E-state index in [0.29, 0.717) is 12.2 Å². The van der Waals surface area contributed by atoms with Crippen LogP contribution in [0.25, 0.3) is 21.8 Å². The largest absolute Gasteiger partial charge is 0.480 e. The van der Waals surface area contributed by atoms with Crippen molar-refractivity contribution in [2.24, 2.45) is 5.73 Å². The van der Waals surface area contributed by atoms with Crippen LogP contribution >= 0.6 is 11.8 Å². The Morgan fingerprint density at radius 1 is 0.810 bits per heavy atom. The number of nitrogens with one attached hydrogen (secondary N) is 5. The summed E-state index contributed by atoms with van der Waals surface area (Å²) in [5.41, 5.74) is 9.36. The maximum atomic E-state index is 13.4. The van der Waals surface area contributed by atoms with E-state index in [1.165, 1.54) is 6.92 Å². The molecule has 2 heterocycles. The average Bonchev–Trinajstić information content (AvgIpc) is 3.58. The summed E-state index contributed by atoms with van der Waals surface area (Å²) < 4.78 is 0. The molecule has 222 valence electrons. The van der Waals surface area contributed by atoms with E-state index in [9.17, 15) is 24.3 Å². The summed E-state index contributed by atoms with van der Waals surface area (Å²) in [5, 5.41) is 19.5. The summed E-state index contributed by atoms with van der Waals surface area (Å²) in [7, 11) is 0. The standard InChI is InChI=1S/C30H36N6O5S/c1-17(27(37)36-26(30(40)41)14-19-16-33-24-10-6-4-8-21(19)24)34-29(39)25(35-28(38)22(31)11-12-42-2)13-18-15-32-23-9-5-3-7-20(18)23/h3-10,15-17,22,25-26,32-33H,11-14,31H2,1-2H3,(H,34,39)(H,35,38)(H,36,37)(H,40,41). The lowest BCUT2D eigenvalue weighted by atomic mass is 10.0. The van der Waals surface area contributed by atoms with E-state index in [1.54, 1.807) is 24.2 Å². The first kappa shape index (κ1) is 30.7. The second-order valence-electron chi connectivity index (χ2n) is 10.2. The Morgan fingerprint density at radius 2 is 1.33 bits per heavy atom. The highest BCUT2D eigenvalue weighted by Crippen LogP contribution is 2.20. The van der Waals surface area contributed by atoms with Gasteiger partial charge in [-0.25, -0.2) is 4.79 Å². The number of benzene rings is 2. The van der Waals surface area contributed by atoms with Gasteiger partial charge in [0.1, 0.15) is 18.1 Å². The summed E-state index contributed by atoms with van der Waals surface area (Å²) in [4.78, 5) is 57.6. The van der Waals surface area contributed by atoms with Crippen LogP contribution < -0.4 is 21.7 Å². The third-order valence-corrected chi connectivity index (χ3v) is 7.81. The number of thioether (sulfide) groups is 1. The number of fused-ring (bicyclic) bond motifs is 2. The Hall–Kier alpha value is -4.29. The van der Waals surface area contributed by atoms with E-state index in [0.717, 1.165) is 32.9 Å². The molecular formula is C30H36N6O5S. The number of para-hydroxylation sites is 2. The topological polar surface area (TPSA) is 182 Å². The number of nitrogens with two attached hydrogens (primary N) is 1. The predicted octanol–water partition coefficient (Wildman–Crippen LogP) is 2.07. The molecule has 4 unspecified atom stereocenters. The number of carbonyl (C=O) groups excluding carboxylic acids is 3. The van der Waals surface area contributed by atoms with Crippen LogP contribution in [0.1, 0.15) is 24.5 Å². The molecule has 2 aromatic carbocycles. The smallest absolute Gasteiger partial charge is 0.326 e. The molecule has 4 rings (SSSR count). The number of hydrogen-bond donors (Lipinski definition) is 7. The fraction of sp³-hybridized carbons (Fsp3) is 0.333. The fourth-order valence-corrected chi connectivity index (χ4v) is 5.27. The Morgan fingerprint density at radius 3 is 1.88 bits per heavy atom. The van der Waals surface area contributed by atoms with Crippen molar-refractivity contribution in [3.8, 4) is 0 Å². The predicted molar refractivity (Wildman–Crippen MR) is 164 cm³/mol. The van der Waals surface area contributed by atoms with Crippen molar-refractivity contribution in [1.82, 2.24) is 25.9 Å². The third-order valence-electron chi connectivity index (χ3n) is 7.17. The number of aromatic amines is 2. The van der Waals surface area contributed by atoms with Gasteiger partial charge in [-0.15, -0.1) is 0 Å². The number of carboxylic acid groups (broad SMARTS) is 1. The minimum absolute atomic E-state index is 0.0545. The molecule has 0 saturated heterocycles. The molecule has 0 fully saturated rings. The van der Waals surface area contributed by atoms with Crippen molar-refractivity contribution >= 4 is 57.3 Å².